The summed E-state index contributed by atoms with van der Waals surface area (Å²) < 4.78 is 5.13. The smallest absolute Gasteiger partial charge is 0.0976 e. The molecule has 0 unspecified atom stereocenters. The maximum absolute atomic E-state index is 6.06. The monoisotopic (exact) mass is 212 g/mol. The van der Waals surface area contributed by atoms with Crippen LogP contribution in [-0.2, 0) is 4.74 Å². The van der Waals surface area contributed by atoms with E-state index in [1.54, 1.807) is 7.11 Å². The predicted octanol–water partition coefficient (Wildman–Crippen LogP) is 2.35. The highest BCUT2D eigenvalue weighted by Crippen LogP contribution is 2.24. The van der Waals surface area contributed by atoms with Crippen molar-refractivity contribution >= 4 is 5.84 Å². The maximum Gasteiger partial charge on any atom is 0.0976 e. The topological polar surface area (TPSA) is 47.6 Å². The highest BCUT2D eigenvalue weighted by molar-refractivity contribution is 5.83. The van der Waals surface area contributed by atoms with Crippen LogP contribution in [0.5, 0.6) is 0 Å². The number of hydrogen-bond donors (Lipinski definition) is 1. The van der Waals surface area contributed by atoms with Crippen molar-refractivity contribution in [1.29, 1.82) is 0 Å². The van der Waals surface area contributed by atoms with Crippen LogP contribution in [-0.4, -0.2) is 25.1 Å². The molecule has 1 rings (SSSR count). The van der Waals surface area contributed by atoms with Crippen LogP contribution in [0.4, 0.5) is 0 Å². The molecular formula is C12H24N2O. The second kappa shape index (κ2) is 5.50. The van der Waals surface area contributed by atoms with Crippen LogP contribution in [0.1, 0.15) is 46.0 Å². The van der Waals surface area contributed by atoms with Crippen molar-refractivity contribution in [1.82, 2.24) is 0 Å². The molecule has 0 aliphatic heterocycles. The van der Waals surface area contributed by atoms with Crippen LogP contribution in [0.3, 0.4) is 0 Å². The van der Waals surface area contributed by atoms with Crippen molar-refractivity contribution in [2.75, 3.05) is 13.7 Å². The minimum atomic E-state index is -0.184. The number of rotatable bonds is 4. The van der Waals surface area contributed by atoms with Gasteiger partial charge in [0.2, 0.25) is 0 Å². The van der Waals surface area contributed by atoms with E-state index in [1.165, 1.54) is 32.1 Å². The summed E-state index contributed by atoms with van der Waals surface area (Å²) in [5.74, 6) is 1.34. The fourth-order valence-electron chi connectivity index (χ4n) is 2.22. The first-order valence-corrected chi connectivity index (χ1v) is 5.89. The largest absolute Gasteiger partial charge is 0.387 e. The maximum atomic E-state index is 6.06. The molecule has 2 N–H and O–H groups in total. The Morgan fingerprint density at radius 3 is 2.47 bits per heavy atom. The summed E-state index contributed by atoms with van der Waals surface area (Å²) in [7, 11) is 1.70. The van der Waals surface area contributed by atoms with Gasteiger partial charge in [-0.15, -0.1) is 0 Å². The molecule has 1 aliphatic carbocycles. The van der Waals surface area contributed by atoms with Crippen LogP contribution in [0.15, 0.2) is 4.99 Å². The van der Waals surface area contributed by atoms with Crippen molar-refractivity contribution in [2.45, 2.75) is 51.5 Å². The summed E-state index contributed by atoms with van der Waals surface area (Å²) in [4.78, 5) is 4.59. The summed E-state index contributed by atoms with van der Waals surface area (Å²) >= 11 is 0. The zero-order chi connectivity index (χ0) is 11.3. The van der Waals surface area contributed by atoms with Gasteiger partial charge in [-0.05, 0) is 26.7 Å². The SMILES string of the molecule is COCC(C)(C)N=C(N)C1CCCCC1. The average molecular weight is 212 g/mol. The molecule has 0 heterocycles. The number of nitrogens with zero attached hydrogens (tertiary/aromatic N) is 1. The molecule has 88 valence electrons. The summed E-state index contributed by atoms with van der Waals surface area (Å²) in [6.07, 6.45) is 6.36. The average Bonchev–Trinajstić information content (AvgIpc) is 2.18. The molecule has 0 saturated heterocycles. The number of nitrogens with two attached hydrogens (primary N) is 1. The molecule has 1 saturated carbocycles. The number of methoxy groups -OCH3 is 1. The van der Waals surface area contributed by atoms with Gasteiger partial charge in [0.1, 0.15) is 0 Å². The third-order valence-electron chi connectivity index (χ3n) is 2.95. The molecule has 1 aliphatic rings. The van der Waals surface area contributed by atoms with Gasteiger partial charge in [0, 0.05) is 13.0 Å². The lowest BCUT2D eigenvalue weighted by Crippen LogP contribution is -2.33. The van der Waals surface area contributed by atoms with Crippen molar-refractivity contribution in [3.8, 4) is 0 Å². The third kappa shape index (κ3) is 4.20. The lowest BCUT2D eigenvalue weighted by Gasteiger charge is -2.25. The number of amidine groups is 1. The normalized spacial score (nSPS) is 20.6. The fourth-order valence-corrected chi connectivity index (χ4v) is 2.22. The molecule has 0 atom stereocenters. The van der Waals surface area contributed by atoms with E-state index in [1.807, 2.05) is 0 Å². The highest BCUT2D eigenvalue weighted by Gasteiger charge is 2.21. The van der Waals surface area contributed by atoms with Gasteiger partial charge in [-0.25, -0.2) is 0 Å². The van der Waals surface area contributed by atoms with Crippen LogP contribution in [0.25, 0.3) is 0 Å². The molecule has 0 aromatic rings. The predicted molar refractivity (Wildman–Crippen MR) is 64.2 cm³/mol. The Bertz CT molecular complexity index is 218. The molecule has 3 nitrogen and oxygen atoms in total. The number of ether oxygens (including phenoxy) is 1. The minimum Gasteiger partial charge on any atom is -0.387 e. The Morgan fingerprint density at radius 1 is 1.33 bits per heavy atom. The number of aliphatic imine (C=N–C) groups is 1. The molecule has 3 heteroatoms. The van der Waals surface area contributed by atoms with Gasteiger partial charge in [-0.3, -0.25) is 4.99 Å². The second-order valence-corrected chi connectivity index (χ2v) is 5.12. The molecule has 0 aromatic carbocycles. The Hall–Kier alpha value is -0.570. The summed E-state index contributed by atoms with van der Waals surface area (Å²) in [6.45, 7) is 4.75. The molecule has 1 fully saturated rings. The summed E-state index contributed by atoms with van der Waals surface area (Å²) in [5, 5.41) is 0. The third-order valence-corrected chi connectivity index (χ3v) is 2.95. The van der Waals surface area contributed by atoms with E-state index in [0.29, 0.717) is 12.5 Å². The molecular weight excluding hydrogens is 188 g/mol. The fraction of sp³-hybridized carbons (Fsp3) is 0.917. The standard InChI is InChI=1S/C12H24N2O/c1-12(2,9-15-3)14-11(13)10-7-5-4-6-8-10/h10H,4-9H2,1-3H3,(H2,13,14). The highest BCUT2D eigenvalue weighted by atomic mass is 16.5. The Labute approximate surface area is 93.1 Å². The van der Waals surface area contributed by atoms with Crippen LogP contribution >= 0.6 is 0 Å². The second-order valence-electron chi connectivity index (χ2n) is 5.12. The van der Waals surface area contributed by atoms with Crippen LogP contribution in [0.2, 0.25) is 0 Å². The zero-order valence-electron chi connectivity index (χ0n) is 10.3. The Balaban J connectivity index is 2.56. The molecule has 0 aromatic heterocycles. The van der Waals surface area contributed by atoms with E-state index in [2.05, 4.69) is 18.8 Å². The minimum absolute atomic E-state index is 0.184. The van der Waals surface area contributed by atoms with E-state index in [9.17, 15) is 0 Å². The van der Waals surface area contributed by atoms with E-state index in [0.717, 1.165) is 5.84 Å². The summed E-state index contributed by atoms with van der Waals surface area (Å²) in [5.41, 5.74) is 5.88. The van der Waals surface area contributed by atoms with E-state index < -0.39 is 0 Å². The molecule has 0 bridgehead atoms. The van der Waals surface area contributed by atoms with E-state index in [4.69, 9.17) is 10.5 Å². The zero-order valence-corrected chi connectivity index (χ0v) is 10.3. The van der Waals surface area contributed by atoms with Crippen molar-refractivity contribution in [3.63, 3.8) is 0 Å². The van der Waals surface area contributed by atoms with Gasteiger partial charge >= 0.3 is 0 Å². The van der Waals surface area contributed by atoms with Gasteiger partial charge in [0.05, 0.1) is 18.0 Å². The molecule has 15 heavy (non-hydrogen) atoms. The van der Waals surface area contributed by atoms with Gasteiger partial charge < -0.3 is 10.5 Å². The van der Waals surface area contributed by atoms with Gasteiger partial charge in [-0.1, -0.05) is 19.3 Å². The summed E-state index contributed by atoms with van der Waals surface area (Å²) in [6, 6.07) is 0. The van der Waals surface area contributed by atoms with Gasteiger partial charge in [-0.2, -0.15) is 0 Å². The van der Waals surface area contributed by atoms with Crippen molar-refractivity contribution < 1.29 is 4.74 Å². The number of hydrogen-bond acceptors (Lipinski definition) is 2. The first kappa shape index (κ1) is 12.5. The quantitative estimate of drug-likeness (QED) is 0.574. The first-order valence-electron chi connectivity index (χ1n) is 5.89. The van der Waals surface area contributed by atoms with E-state index in [-0.39, 0.29) is 5.54 Å². The van der Waals surface area contributed by atoms with Gasteiger partial charge in [0.25, 0.3) is 0 Å². The Morgan fingerprint density at radius 2 is 1.93 bits per heavy atom. The molecule has 0 amide bonds. The Kier molecular flexibility index (Phi) is 4.58. The first-order chi connectivity index (χ1) is 7.05. The van der Waals surface area contributed by atoms with Gasteiger partial charge in [0.15, 0.2) is 0 Å². The lowest BCUT2D eigenvalue weighted by molar-refractivity contribution is 0.150. The van der Waals surface area contributed by atoms with Crippen molar-refractivity contribution in [3.05, 3.63) is 0 Å². The van der Waals surface area contributed by atoms with Crippen molar-refractivity contribution in [2.24, 2.45) is 16.6 Å². The van der Waals surface area contributed by atoms with Crippen LogP contribution < -0.4 is 5.73 Å². The molecule has 0 spiro atoms. The van der Waals surface area contributed by atoms with Crippen LogP contribution in [0, 0.1) is 5.92 Å². The lowest BCUT2D eigenvalue weighted by atomic mass is 9.88. The van der Waals surface area contributed by atoms with E-state index >= 15 is 0 Å². The molecule has 0 radical (unpaired) electrons.